The van der Waals surface area contributed by atoms with Crippen molar-refractivity contribution in [1.29, 1.82) is 0 Å². The summed E-state index contributed by atoms with van der Waals surface area (Å²) in [4.78, 5) is 11.8. The van der Waals surface area contributed by atoms with Gasteiger partial charge in [0.25, 0.3) is 0 Å². The lowest BCUT2D eigenvalue weighted by molar-refractivity contribution is -0.125. The molecule has 0 fully saturated rings. The van der Waals surface area contributed by atoms with Gasteiger partial charge in [-0.2, -0.15) is 0 Å². The molecule has 0 spiro atoms. The highest BCUT2D eigenvalue weighted by Gasteiger charge is 2.15. The number of rotatable bonds is 6. The van der Waals surface area contributed by atoms with Crippen molar-refractivity contribution in [2.75, 3.05) is 6.54 Å². The van der Waals surface area contributed by atoms with Gasteiger partial charge in [-0.3, -0.25) is 4.79 Å². The molecular weight excluding hydrogens is 212 g/mol. The monoisotopic (exact) mass is 234 g/mol. The van der Waals surface area contributed by atoms with E-state index >= 15 is 0 Å². The molecule has 94 valence electrons. The third kappa shape index (κ3) is 4.57. The van der Waals surface area contributed by atoms with Crippen molar-refractivity contribution >= 4 is 5.91 Å². The molecule has 0 saturated heterocycles. The first-order valence-corrected chi connectivity index (χ1v) is 6.21. The van der Waals surface area contributed by atoms with Crippen LogP contribution in [0.5, 0.6) is 0 Å². The van der Waals surface area contributed by atoms with Crippen LogP contribution in [-0.4, -0.2) is 18.5 Å². The zero-order valence-electron chi connectivity index (χ0n) is 10.6. The first-order valence-electron chi connectivity index (χ1n) is 6.21. The van der Waals surface area contributed by atoms with Crippen LogP contribution in [0.25, 0.3) is 0 Å². The van der Waals surface area contributed by atoms with E-state index in [2.05, 4.69) is 17.4 Å². The summed E-state index contributed by atoms with van der Waals surface area (Å²) in [6, 6.07) is 10.1. The third-order valence-corrected chi connectivity index (χ3v) is 3.02. The topological polar surface area (TPSA) is 55.1 Å². The molecule has 0 aliphatic rings. The Kier molecular flexibility index (Phi) is 5.70. The Morgan fingerprint density at radius 3 is 2.53 bits per heavy atom. The fourth-order valence-corrected chi connectivity index (χ4v) is 1.62. The zero-order chi connectivity index (χ0) is 12.7. The Balaban J connectivity index is 2.52. The van der Waals surface area contributed by atoms with Crippen LogP contribution in [0, 0.1) is 5.92 Å². The second-order valence-electron chi connectivity index (χ2n) is 4.44. The molecule has 0 aromatic heterocycles. The van der Waals surface area contributed by atoms with Gasteiger partial charge >= 0.3 is 0 Å². The van der Waals surface area contributed by atoms with Crippen LogP contribution in [0.2, 0.25) is 0 Å². The molecule has 0 heterocycles. The Morgan fingerprint density at radius 1 is 1.35 bits per heavy atom. The molecule has 3 N–H and O–H groups in total. The van der Waals surface area contributed by atoms with Gasteiger partial charge in [0.15, 0.2) is 0 Å². The largest absolute Gasteiger partial charge is 0.352 e. The van der Waals surface area contributed by atoms with Crippen molar-refractivity contribution in [2.24, 2.45) is 11.7 Å². The number of nitrogens with two attached hydrogens (primary N) is 1. The molecule has 0 aliphatic heterocycles. The van der Waals surface area contributed by atoms with Crippen LogP contribution in [0.4, 0.5) is 0 Å². The van der Waals surface area contributed by atoms with E-state index in [1.807, 2.05) is 32.0 Å². The summed E-state index contributed by atoms with van der Waals surface area (Å²) < 4.78 is 0. The molecule has 1 amide bonds. The fraction of sp³-hybridized carbons (Fsp3) is 0.500. The summed E-state index contributed by atoms with van der Waals surface area (Å²) in [6.07, 6.45) is 1.65. The van der Waals surface area contributed by atoms with Crippen LogP contribution < -0.4 is 11.1 Å². The van der Waals surface area contributed by atoms with Gasteiger partial charge in [-0.1, -0.05) is 44.2 Å². The van der Waals surface area contributed by atoms with Gasteiger partial charge in [0.2, 0.25) is 5.91 Å². The summed E-state index contributed by atoms with van der Waals surface area (Å²) in [7, 11) is 0. The molecule has 3 heteroatoms. The van der Waals surface area contributed by atoms with Crippen molar-refractivity contribution in [3.8, 4) is 0 Å². The highest BCUT2D eigenvalue weighted by Crippen LogP contribution is 2.05. The van der Waals surface area contributed by atoms with Crippen molar-refractivity contribution in [2.45, 2.75) is 32.7 Å². The van der Waals surface area contributed by atoms with Gasteiger partial charge < -0.3 is 11.1 Å². The van der Waals surface area contributed by atoms with E-state index < -0.39 is 0 Å². The van der Waals surface area contributed by atoms with Crippen molar-refractivity contribution in [3.05, 3.63) is 35.9 Å². The predicted octanol–water partition coefficient (Wildman–Crippen LogP) is 1.72. The molecular formula is C14H22N2O. The number of nitrogens with one attached hydrogen (secondary N) is 1. The fourth-order valence-electron chi connectivity index (χ4n) is 1.62. The maximum absolute atomic E-state index is 11.8. The molecule has 1 aromatic carbocycles. The molecule has 17 heavy (non-hydrogen) atoms. The number of carbonyl (C=O) groups excluding carboxylic acids is 1. The normalized spacial score (nSPS) is 14.1. The van der Waals surface area contributed by atoms with Crippen molar-refractivity contribution in [1.82, 2.24) is 5.32 Å². The van der Waals surface area contributed by atoms with Gasteiger partial charge in [-0.25, -0.2) is 0 Å². The Hall–Kier alpha value is -1.35. The van der Waals surface area contributed by atoms with Gasteiger partial charge in [0, 0.05) is 18.5 Å². The molecule has 2 atom stereocenters. The molecule has 1 rings (SSSR count). The lowest BCUT2D eigenvalue weighted by Crippen LogP contribution is -2.43. The van der Waals surface area contributed by atoms with Crippen molar-refractivity contribution in [3.63, 3.8) is 0 Å². The maximum atomic E-state index is 11.8. The summed E-state index contributed by atoms with van der Waals surface area (Å²) in [5, 5.41) is 3.00. The number of hydrogen-bond donors (Lipinski definition) is 2. The van der Waals surface area contributed by atoms with E-state index in [0.717, 1.165) is 12.8 Å². The van der Waals surface area contributed by atoms with Gasteiger partial charge in [0.1, 0.15) is 0 Å². The van der Waals surface area contributed by atoms with Gasteiger partial charge in [-0.05, 0) is 18.4 Å². The standard InChI is InChI=1S/C14H22N2O/c1-3-11(2)14(17)16-13(10-15)9-12-7-5-4-6-8-12/h4-8,11,13H,3,9-10,15H2,1-2H3,(H,16,17). The van der Waals surface area contributed by atoms with Crippen molar-refractivity contribution < 1.29 is 4.79 Å². The quantitative estimate of drug-likeness (QED) is 0.787. The minimum atomic E-state index is 0.0268. The Labute approximate surface area is 103 Å². The molecule has 0 radical (unpaired) electrons. The minimum absolute atomic E-state index is 0.0268. The van der Waals surface area contributed by atoms with E-state index in [1.54, 1.807) is 0 Å². The number of carbonyl (C=O) groups is 1. The Bertz CT molecular complexity index is 337. The van der Waals surface area contributed by atoms with E-state index in [0.29, 0.717) is 6.54 Å². The van der Waals surface area contributed by atoms with Crippen LogP contribution in [-0.2, 0) is 11.2 Å². The highest BCUT2D eigenvalue weighted by atomic mass is 16.1. The minimum Gasteiger partial charge on any atom is -0.352 e. The van der Waals surface area contributed by atoms with Crippen LogP contribution >= 0.6 is 0 Å². The zero-order valence-corrected chi connectivity index (χ0v) is 10.6. The predicted molar refractivity (Wildman–Crippen MR) is 70.6 cm³/mol. The van der Waals surface area contributed by atoms with Gasteiger partial charge in [-0.15, -0.1) is 0 Å². The van der Waals surface area contributed by atoms with E-state index in [1.165, 1.54) is 5.56 Å². The maximum Gasteiger partial charge on any atom is 0.223 e. The second kappa shape index (κ2) is 7.07. The lowest BCUT2D eigenvalue weighted by atomic mass is 10.0. The number of hydrogen-bond acceptors (Lipinski definition) is 2. The summed E-state index contributed by atoms with van der Waals surface area (Å²) in [6.45, 7) is 4.42. The first-order chi connectivity index (χ1) is 8.17. The van der Waals surface area contributed by atoms with E-state index in [9.17, 15) is 4.79 Å². The summed E-state index contributed by atoms with van der Waals surface area (Å²) in [5.41, 5.74) is 6.90. The van der Waals surface area contributed by atoms with Crippen LogP contribution in [0.3, 0.4) is 0 Å². The Morgan fingerprint density at radius 2 is 2.00 bits per heavy atom. The molecule has 1 aromatic rings. The van der Waals surface area contributed by atoms with Crippen LogP contribution in [0.1, 0.15) is 25.8 Å². The van der Waals surface area contributed by atoms with E-state index in [4.69, 9.17) is 5.73 Å². The summed E-state index contributed by atoms with van der Waals surface area (Å²) >= 11 is 0. The molecule has 0 saturated carbocycles. The van der Waals surface area contributed by atoms with E-state index in [-0.39, 0.29) is 17.9 Å². The molecule has 3 nitrogen and oxygen atoms in total. The molecule has 0 bridgehead atoms. The van der Waals surface area contributed by atoms with Gasteiger partial charge in [0.05, 0.1) is 0 Å². The highest BCUT2D eigenvalue weighted by molar-refractivity contribution is 5.78. The SMILES string of the molecule is CCC(C)C(=O)NC(CN)Cc1ccccc1. The first kappa shape index (κ1) is 13.7. The van der Waals surface area contributed by atoms with Crippen LogP contribution in [0.15, 0.2) is 30.3 Å². The third-order valence-electron chi connectivity index (χ3n) is 3.02. The average Bonchev–Trinajstić information content (AvgIpc) is 2.38. The number of benzene rings is 1. The average molecular weight is 234 g/mol. The second-order valence-corrected chi connectivity index (χ2v) is 4.44. The molecule has 2 unspecified atom stereocenters. The molecule has 0 aliphatic carbocycles. The summed E-state index contributed by atoms with van der Waals surface area (Å²) in [5.74, 6) is 0.152. The number of amides is 1. The lowest BCUT2D eigenvalue weighted by Gasteiger charge is -2.19. The smallest absolute Gasteiger partial charge is 0.223 e.